The lowest BCUT2D eigenvalue weighted by molar-refractivity contribution is 0.163. The molecule has 0 radical (unpaired) electrons. The lowest BCUT2D eigenvalue weighted by Gasteiger charge is -2.12. The molecule has 0 saturated carbocycles. The van der Waals surface area contributed by atoms with Crippen molar-refractivity contribution in [2.24, 2.45) is 5.92 Å². The molecule has 0 aliphatic rings. The number of sulfonamides is 1. The molecule has 15 heavy (non-hydrogen) atoms. The minimum atomic E-state index is -3.17. The lowest BCUT2D eigenvalue weighted by atomic mass is 10.2. The molecule has 1 atom stereocenters. The van der Waals surface area contributed by atoms with Crippen molar-refractivity contribution in [1.29, 1.82) is 0 Å². The van der Waals surface area contributed by atoms with Crippen molar-refractivity contribution in [2.45, 2.75) is 13.8 Å². The molecule has 0 aromatic carbocycles. The molecule has 0 aliphatic heterocycles. The van der Waals surface area contributed by atoms with Crippen molar-refractivity contribution >= 4 is 10.0 Å². The molecular formula is C9H22N2O3S. The van der Waals surface area contributed by atoms with E-state index in [2.05, 4.69) is 10.0 Å². The molecule has 0 spiro atoms. The maximum Gasteiger partial charge on any atom is 0.213 e. The van der Waals surface area contributed by atoms with Gasteiger partial charge in [0.1, 0.15) is 0 Å². The van der Waals surface area contributed by atoms with E-state index >= 15 is 0 Å². The smallest absolute Gasteiger partial charge is 0.213 e. The summed E-state index contributed by atoms with van der Waals surface area (Å²) >= 11 is 0. The highest BCUT2D eigenvalue weighted by atomic mass is 32.2. The molecule has 0 heterocycles. The Morgan fingerprint density at radius 1 is 1.33 bits per heavy atom. The molecule has 0 bridgehead atoms. The monoisotopic (exact) mass is 238 g/mol. The van der Waals surface area contributed by atoms with Crippen LogP contribution in [-0.2, 0) is 14.8 Å². The minimum Gasteiger partial charge on any atom is -0.381 e. The number of rotatable bonds is 9. The second kappa shape index (κ2) is 8.04. The quantitative estimate of drug-likeness (QED) is 0.546. The fraction of sp³-hybridized carbons (Fsp3) is 1.00. The van der Waals surface area contributed by atoms with Crippen LogP contribution in [-0.4, -0.2) is 47.5 Å². The molecule has 0 rings (SSSR count). The molecule has 0 amide bonds. The molecule has 0 aliphatic carbocycles. The summed E-state index contributed by atoms with van der Waals surface area (Å²) in [4.78, 5) is 0. The number of nitrogens with one attached hydrogen (secondary N) is 2. The van der Waals surface area contributed by atoms with E-state index in [0.29, 0.717) is 13.2 Å². The molecular weight excluding hydrogens is 216 g/mol. The predicted octanol–water partition coefficient (Wildman–Crippen LogP) is -0.202. The van der Waals surface area contributed by atoms with Crippen molar-refractivity contribution in [3.05, 3.63) is 0 Å². The Morgan fingerprint density at radius 3 is 2.53 bits per heavy atom. The van der Waals surface area contributed by atoms with Gasteiger partial charge in [-0.3, -0.25) is 0 Å². The molecule has 0 saturated heterocycles. The van der Waals surface area contributed by atoms with Crippen molar-refractivity contribution in [1.82, 2.24) is 10.0 Å². The van der Waals surface area contributed by atoms with Gasteiger partial charge in [0.05, 0.1) is 12.4 Å². The summed E-state index contributed by atoms with van der Waals surface area (Å²) in [5.41, 5.74) is 0. The topological polar surface area (TPSA) is 67.4 Å². The van der Waals surface area contributed by atoms with E-state index in [1.165, 1.54) is 0 Å². The standard InChI is InChI=1S/C9H22N2O3S/c1-4-14-5-6-15(12,13)11-8-9(2)7-10-3/h9-11H,4-8H2,1-3H3. The molecule has 0 fully saturated rings. The van der Waals surface area contributed by atoms with Gasteiger partial charge in [-0.15, -0.1) is 0 Å². The third-order valence-corrected chi connectivity index (χ3v) is 3.22. The van der Waals surface area contributed by atoms with Crippen LogP contribution in [0.2, 0.25) is 0 Å². The fourth-order valence-corrected chi connectivity index (χ4v) is 2.10. The normalized spacial score (nSPS) is 14.1. The Kier molecular flexibility index (Phi) is 7.95. The average molecular weight is 238 g/mol. The molecule has 6 heteroatoms. The van der Waals surface area contributed by atoms with Gasteiger partial charge in [0.25, 0.3) is 0 Å². The summed E-state index contributed by atoms with van der Waals surface area (Å²) in [7, 11) is -1.32. The van der Waals surface area contributed by atoms with Crippen LogP contribution in [0.5, 0.6) is 0 Å². The van der Waals surface area contributed by atoms with E-state index in [-0.39, 0.29) is 18.3 Å². The number of hydrogen-bond donors (Lipinski definition) is 2. The highest BCUT2D eigenvalue weighted by Gasteiger charge is 2.11. The van der Waals surface area contributed by atoms with Crippen LogP contribution in [0.4, 0.5) is 0 Å². The van der Waals surface area contributed by atoms with Gasteiger partial charge < -0.3 is 10.1 Å². The van der Waals surface area contributed by atoms with E-state index in [9.17, 15) is 8.42 Å². The van der Waals surface area contributed by atoms with E-state index in [4.69, 9.17) is 4.74 Å². The molecule has 0 aromatic rings. The van der Waals surface area contributed by atoms with Crippen LogP contribution in [0.3, 0.4) is 0 Å². The third kappa shape index (κ3) is 8.80. The first-order valence-corrected chi connectivity index (χ1v) is 6.86. The molecule has 1 unspecified atom stereocenters. The maximum atomic E-state index is 11.4. The average Bonchev–Trinajstić information content (AvgIpc) is 2.16. The van der Waals surface area contributed by atoms with E-state index < -0.39 is 10.0 Å². The van der Waals surface area contributed by atoms with Crippen LogP contribution < -0.4 is 10.0 Å². The largest absolute Gasteiger partial charge is 0.381 e. The summed E-state index contributed by atoms with van der Waals surface area (Å²) in [5.74, 6) is 0.324. The SMILES string of the molecule is CCOCCS(=O)(=O)NCC(C)CNC. The first kappa shape index (κ1) is 14.8. The first-order chi connectivity index (χ1) is 7.02. The van der Waals surface area contributed by atoms with Gasteiger partial charge in [-0.25, -0.2) is 13.1 Å². The van der Waals surface area contributed by atoms with Crippen molar-refractivity contribution in [3.63, 3.8) is 0 Å². The van der Waals surface area contributed by atoms with Crippen LogP contribution in [0.15, 0.2) is 0 Å². The Hall–Kier alpha value is -0.170. The van der Waals surface area contributed by atoms with Gasteiger partial charge in [0.2, 0.25) is 10.0 Å². The minimum absolute atomic E-state index is 0.0348. The zero-order valence-corrected chi connectivity index (χ0v) is 10.6. The first-order valence-electron chi connectivity index (χ1n) is 5.21. The summed E-state index contributed by atoms with van der Waals surface area (Å²) in [6, 6.07) is 0. The van der Waals surface area contributed by atoms with Crippen LogP contribution in [0.1, 0.15) is 13.8 Å². The van der Waals surface area contributed by atoms with E-state index in [1.54, 1.807) is 0 Å². The van der Waals surface area contributed by atoms with Gasteiger partial charge in [0.15, 0.2) is 0 Å². The summed E-state index contributed by atoms with van der Waals surface area (Å²) < 4.78 is 30.4. The van der Waals surface area contributed by atoms with Crippen LogP contribution >= 0.6 is 0 Å². The molecule has 0 aromatic heterocycles. The van der Waals surface area contributed by atoms with Gasteiger partial charge in [-0.05, 0) is 26.4 Å². The Balaban J connectivity index is 3.73. The van der Waals surface area contributed by atoms with Crippen molar-refractivity contribution in [2.75, 3.05) is 39.1 Å². The predicted molar refractivity (Wildman–Crippen MR) is 61.4 cm³/mol. The zero-order chi connectivity index (χ0) is 11.7. The Labute approximate surface area is 92.6 Å². The van der Waals surface area contributed by atoms with Crippen LogP contribution in [0.25, 0.3) is 0 Å². The van der Waals surface area contributed by atoms with Gasteiger partial charge >= 0.3 is 0 Å². The molecule has 5 nitrogen and oxygen atoms in total. The maximum absolute atomic E-state index is 11.4. The molecule has 92 valence electrons. The van der Waals surface area contributed by atoms with E-state index in [1.807, 2.05) is 20.9 Å². The van der Waals surface area contributed by atoms with E-state index in [0.717, 1.165) is 6.54 Å². The lowest BCUT2D eigenvalue weighted by Crippen LogP contribution is -2.34. The Bertz CT molecular complexity index is 242. The highest BCUT2D eigenvalue weighted by Crippen LogP contribution is 1.92. The summed E-state index contributed by atoms with van der Waals surface area (Å²) in [5, 5.41) is 3.00. The number of ether oxygens (including phenoxy) is 1. The zero-order valence-electron chi connectivity index (χ0n) is 9.75. The fourth-order valence-electron chi connectivity index (χ4n) is 1.07. The summed E-state index contributed by atoms with van der Waals surface area (Å²) in [6.45, 7) is 5.90. The van der Waals surface area contributed by atoms with Gasteiger partial charge in [0, 0.05) is 13.2 Å². The summed E-state index contributed by atoms with van der Waals surface area (Å²) in [6.07, 6.45) is 0. The highest BCUT2D eigenvalue weighted by molar-refractivity contribution is 7.89. The van der Waals surface area contributed by atoms with Crippen molar-refractivity contribution < 1.29 is 13.2 Å². The second-order valence-electron chi connectivity index (χ2n) is 3.53. The third-order valence-electron chi connectivity index (χ3n) is 1.90. The number of hydrogen-bond acceptors (Lipinski definition) is 4. The Morgan fingerprint density at radius 2 is 2.00 bits per heavy atom. The van der Waals surface area contributed by atoms with Crippen molar-refractivity contribution in [3.8, 4) is 0 Å². The second-order valence-corrected chi connectivity index (χ2v) is 5.45. The molecule has 2 N–H and O–H groups in total. The van der Waals surface area contributed by atoms with Crippen LogP contribution in [0, 0.1) is 5.92 Å². The van der Waals surface area contributed by atoms with Gasteiger partial charge in [-0.2, -0.15) is 0 Å². The van der Waals surface area contributed by atoms with Gasteiger partial charge in [-0.1, -0.05) is 6.92 Å².